The number of rotatable bonds is 3. The third kappa shape index (κ3) is 3.27. The molecule has 0 spiro atoms. The van der Waals surface area contributed by atoms with Crippen LogP contribution in [0.1, 0.15) is 20.8 Å². The summed E-state index contributed by atoms with van der Waals surface area (Å²) in [5.41, 5.74) is 0.132. The zero-order valence-corrected chi connectivity index (χ0v) is 9.63. The summed E-state index contributed by atoms with van der Waals surface area (Å²) in [4.78, 5) is 6.73. The van der Waals surface area contributed by atoms with E-state index in [1.807, 2.05) is 0 Å². The molecule has 0 atom stereocenters. The van der Waals surface area contributed by atoms with E-state index >= 15 is 0 Å². The molecule has 1 rings (SSSR count). The Kier molecular flexibility index (Phi) is 3.89. The monoisotopic (exact) mass is 199 g/mol. The second kappa shape index (κ2) is 4.75. The van der Waals surface area contributed by atoms with Gasteiger partial charge < -0.3 is 10.1 Å². The van der Waals surface area contributed by atoms with Crippen LogP contribution >= 0.6 is 0 Å². The highest BCUT2D eigenvalue weighted by molar-refractivity contribution is 5.87. The summed E-state index contributed by atoms with van der Waals surface area (Å²) < 4.78 is 5.02. The molecule has 0 bridgehead atoms. The van der Waals surface area contributed by atoms with Crippen LogP contribution in [0.15, 0.2) is 4.99 Å². The molecular weight excluding hydrogens is 178 g/mol. The lowest BCUT2D eigenvalue weighted by molar-refractivity contribution is 0.143. The predicted molar refractivity (Wildman–Crippen MR) is 58.3 cm³/mol. The summed E-state index contributed by atoms with van der Waals surface area (Å²) >= 11 is 0. The summed E-state index contributed by atoms with van der Waals surface area (Å²) in [6.45, 7) is 9.87. The molecule has 1 aliphatic rings. The van der Waals surface area contributed by atoms with Crippen molar-refractivity contribution in [3.05, 3.63) is 0 Å². The van der Waals surface area contributed by atoms with Crippen LogP contribution in [0.4, 0.5) is 0 Å². The van der Waals surface area contributed by atoms with Gasteiger partial charge in [0.15, 0.2) is 0 Å². The largest absolute Gasteiger partial charge is 0.383 e. The van der Waals surface area contributed by atoms with E-state index in [4.69, 9.17) is 4.74 Å². The molecule has 82 valence electrons. The molecule has 1 heterocycles. The van der Waals surface area contributed by atoms with E-state index in [-0.39, 0.29) is 5.41 Å². The van der Waals surface area contributed by atoms with Crippen LogP contribution in [-0.4, -0.2) is 44.3 Å². The zero-order chi connectivity index (χ0) is 10.6. The quantitative estimate of drug-likeness (QED) is 0.733. The van der Waals surface area contributed by atoms with E-state index in [9.17, 15) is 0 Å². The molecule has 0 aromatic carbocycles. The first-order chi connectivity index (χ1) is 6.54. The van der Waals surface area contributed by atoms with Crippen molar-refractivity contribution in [3.8, 4) is 0 Å². The maximum Gasteiger partial charge on any atom is 0.104 e. The number of amidine groups is 1. The minimum Gasteiger partial charge on any atom is -0.383 e. The van der Waals surface area contributed by atoms with Crippen molar-refractivity contribution in [2.75, 3.05) is 33.6 Å². The number of nitrogens with zero attached hydrogens (tertiary/aromatic N) is 2. The van der Waals surface area contributed by atoms with Gasteiger partial charge in [-0.25, -0.2) is 0 Å². The predicted octanol–water partition coefficient (Wildman–Crippen LogP) is 0.898. The number of aliphatic imine (C=N–C) groups is 1. The Labute approximate surface area is 86.3 Å². The van der Waals surface area contributed by atoms with Crippen LogP contribution in [0.5, 0.6) is 0 Å². The molecule has 4 nitrogen and oxygen atoms in total. The van der Waals surface area contributed by atoms with Gasteiger partial charge in [-0.05, 0) is 0 Å². The number of methoxy groups -OCH3 is 1. The Hall–Kier alpha value is -0.610. The SMILES string of the molecule is COCCN1CN=C(C(C)(C)C)NC1. The number of nitrogens with one attached hydrogen (secondary N) is 1. The first-order valence-corrected chi connectivity index (χ1v) is 5.04. The van der Waals surface area contributed by atoms with E-state index in [0.29, 0.717) is 0 Å². The summed E-state index contributed by atoms with van der Waals surface area (Å²) in [7, 11) is 1.72. The molecule has 0 aliphatic carbocycles. The van der Waals surface area contributed by atoms with Gasteiger partial charge in [-0.1, -0.05) is 20.8 Å². The second-order valence-corrected chi connectivity index (χ2v) is 4.62. The van der Waals surface area contributed by atoms with Crippen LogP contribution in [0.3, 0.4) is 0 Å². The molecule has 0 saturated carbocycles. The van der Waals surface area contributed by atoms with Crippen molar-refractivity contribution < 1.29 is 4.74 Å². The van der Waals surface area contributed by atoms with Crippen molar-refractivity contribution in [3.63, 3.8) is 0 Å². The van der Waals surface area contributed by atoms with Crippen LogP contribution in [0.2, 0.25) is 0 Å². The zero-order valence-electron chi connectivity index (χ0n) is 9.63. The van der Waals surface area contributed by atoms with E-state index in [1.54, 1.807) is 7.11 Å². The second-order valence-electron chi connectivity index (χ2n) is 4.62. The molecule has 0 amide bonds. The van der Waals surface area contributed by atoms with E-state index in [2.05, 4.69) is 36.0 Å². The van der Waals surface area contributed by atoms with Gasteiger partial charge in [-0.3, -0.25) is 9.89 Å². The van der Waals surface area contributed by atoms with Gasteiger partial charge in [0.05, 0.1) is 19.9 Å². The Morgan fingerprint density at radius 1 is 1.50 bits per heavy atom. The maximum absolute atomic E-state index is 5.02. The van der Waals surface area contributed by atoms with Crippen LogP contribution in [0.25, 0.3) is 0 Å². The van der Waals surface area contributed by atoms with Crippen LogP contribution in [-0.2, 0) is 4.74 Å². The summed E-state index contributed by atoms with van der Waals surface area (Å²) in [6, 6.07) is 0. The molecule has 1 N–H and O–H groups in total. The fraction of sp³-hybridized carbons (Fsp3) is 0.900. The average molecular weight is 199 g/mol. The van der Waals surface area contributed by atoms with Crippen LogP contribution in [0, 0.1) is 5.41 Å². The molecule has 0 unspecified atom stereocenters. The Morgan fingerprint density at radius 3 is 2.64 bits per heavy atom. The topological polar surface area (TPSA) is 36.9 Å². The molecule has 1 aliphatic heterocycles. The highest BCUT2D eigenvalue weighted by Crippen LogP contribution is 2.15. The highest BCUT2D eigenvalue weighted by Gasteiger charge is 2.22. The molecule has 14 heavy (non-hydrogen) atoms. The summed E-state index contributed by atoms with van der Waals surface area (Å²) in [5, 5.41) is 3.34. The van der Waals surface area contributed by atoms with Gasteiger partial charge in [-0.15, -0.1) is 0 Å². The van der Waals surface area contributed by atoms with Crippen molar-refractivity contribution in [2.24, 2.45) is 10.4 Å². The molecular formula is C10H21N3O. The van der Waals surface area contributed by atoms with Gasteiger partial charge >= 0.3 is 0 Å². The first kappa shape index (κ1) is 11.5. The Bertz CT molecular complexity index is 208. The first-order valence-electron chi connectivity index (χ1n) is 5.04. The van der Waals surface area contributed by atoms with Crippen molar-refractivity contribution in [1.29, 1.82) is 0 Å². The minimum absolute atomic E-state index is 0.132. The molecule has 0 radical (unpaired) electrons. The van der Waals surface area contributed by atoms with E-state index in [0.717, 1.165) is 32.3 Å². The average Bonchev–Trinajstić information content (AvgIpc) is 2.14. The lowest BCUT2D eigenvalue weighted by Crippen LogP contribution is -2.48. The van der Waals surface area contributed by atoms with Crippen molar-refractivity contribution in [2.45, 2.75) is 20.8 Å². The van der Waals surface area contributed by atoms with Gasteiger partial charge in [0.25, 0.3) is 0 Å². The standard InChI is InChI=1S/C10H21N3O/c1-10(2,3)9-11-7-13(8-12-9)5-6-14-4/h5-8H2,1-4H3,(H,11,12). The summed E-state index contributed by atoms with van der Waals surface area (Å²) in [6.07, 6.45) is 0. The van der Waals surface area contributed by atoms with E-state index < -0.39 is 0 Å². The fourth-order valence-electron chi connectivity index (χ4n) is 1.34. The van der Waals surface area contributed by atoms with Crippen molar-refractivity contribution >= 4 is 5.84 Å². The van der Waals surface area contributed by atoms with Crippen molar-refractivity contribution in [1.82, 2.24) is 10.2 Å². The van der Waals surface area contributed by atoms with Gasteiger partial charge in [-0.2, -0.15) is 0 Å². The molecule has 0 saturated heterocycles. The number of hydrogen-bond acceptors (Lipinski definition) is 4. The van der Waals surface area contributed by atoms with Crippen LogP contribution < -0.4 is 5.32 Å². The highest BCUT2D eigenvalue weighted by atomic mass is 16.5. The summed E-state index contributed by atoms with van der Waals surface area (Å²) in [5.74, 6) is 1.10. The molecule has 0 aromatic heterocycles. The van der Waals surface area contributed by atoms with Gasteiger partial charge in [0.1, 0.15) is 5.84 Å². The maximum atomic E-state index is 5.02. The lowest BCUT2D eigenvalue weighted by Gasteiger charge is -2.31. The normalized spacial score (nSPS) is 19.0. The third-order valence-electron chi connectivity index (χ3n) is 2.22. The minimum atomic E-state index is 0.132. The van der Waals surface area contributed by atoms with E-state index in [1.165, 1.54) is 0 Å². The Morgan fingerprint density at radius 2 is 2.21 bits per heavy atom. The van der Waals surface area contributed by atoms with Gasteiger partial charge in [0.2, 0.25) is 0 Å². The molecule has 0 aromatic rings. The lowest BCUT2D eigenvalue weighted by atomic mass is 9.95. The number of ether oxygens (including phenoxy) is 1. The Balaban J connectivity index is 2.39. The fourth-order valence-corrected chi connectivity index (χ4v) is 1.34. The van der Waals surface area contributed by atoms with Gasteiger partial charge in [0, 0.05) is 19.1 Å². The third-order valence-corrected chi connectivity index (χ3v) is 2.22. The number of hydrogen-bond donors (Lipinski definition) is 1. The smallest absolute Gasteiger partial charge is 0.104 e. The molecule has 0 fully saturated rings. The molecule has 4 heteroatoms.